The number of rotatable bonds is 5. The minimum Gasteiger partial charge on any atom is -0.436 e. The van der Waals surface area contributed by atoms with Gasteiger partial charge >= 0.3 is 5.97 Å². The maximum atomic E-state index is 12.3. The topological polar surface area (TPSA) is 64.7 Å². The number of esters is 1. The van der Waals surface area contributed by atoms with E-state index in [0.717, 1.165) is 10.0 Å². The van der Waals surface area contributed by atoms with Gasteiger partial charge in [-0.15, -0.1) is 0 Å². The molecule has 1 aromatic heterocycles. The van der Waals surface area contributed by atoms with Crippen LogP contribution in [0.3, 0.4) is 0 Å². The Morgan fingerprint density at radius 3 is 2.60 bits per heavy atom. The third-order valence-corrected chi connectivity index (χ3v) is 6.10. The van der Waals surface area contributed by atoms with Gasteiger partial charge in [0.15, 0.2) is 5.58 Å². The van der Waals surface area contributed by atoms with Crippen LogP contribution in [0.2, 0.25) is 10.0 Å². The predicted octanol–water partition coefficient (Wildman–Crippen LogP) is 8.53. The second kappa shape index (κ2) is 10.0. The molecule has 0 unspecified atom stereocenters. The number of aromatic nitrogens is 1. The largest absolute Gasteiger partial charge is 0.436 e. The number of benzene rings is 4. The molecule has 0 spiro atoms. The molecule has 0 atom stereocenters. The lowest BCUT2D eigenvalue weighted by Gasteiger charge is -2.05. The van der Waals surface area contributed by atoms with Gasteiger partial charge in [0, 0.05) is 15.7 Å². The first-order chi connectivity index (χ1) is 16.9. The molecule has 8 heteroatoms. The Balaban J connectivity index is 1.30. The van der Waals surface area contributed by atoms with E-state index in [4.69, 9.17) is 32.4 Å². The van der Waals surface area contributed by atoms with Crippen LogP contribution in [0.1, 0.15) is 15.9 Å². The van der Waals surface area contributed by atoms with Crippen molar-refractivity contribution in [3.63, 3.8) is 0 Å². The third-order valence-electron chi connectivity index (χ3n) is 5.04. The molecule has 0 aliphatic rings. The van der Waals surface area contributed by atoms with Gasteiger partial charge in [0.1, 0.15) is 11.3 Å². The fraction of sp³-hybridized carbons (Fsp3) is 0. The van der Waals surface area contributed by atoms with Crippen molar-refractivity contribution in [1.82, 2.24) is 4.98 Å². The fourth-order valence-electron chi connectivity index (χ4n) is 3.33. The summed E-state index contributed by atoms with van der Waals surface area (Å²) in [4.78, 5) is 21.4. The van der Waals surface area contributed by atoms with Gasteiger partial charge in [0.25, 0.3) is 0 Å². The van der Waals surface area contributed by atoms with E-state index in [-0.39, 0.29) is 0 Å². The summed E-state index contributed by atoms with van der Waals surface area (Å²) in [5.41, 5.74) is 3.92. The van der Waals surface area contributed by atoms with Gasteiger partial charge in [0.2, 0.25) is 5.89 Å². The molecule has 5 aromatic rings. The van der Waals surface area contributed by atoms with E-state index >= 15 is 0 Å². The minimum absolute atomic E-state index is 0.390. The average Bonchev–Trinajstić information content (AvgIpc) is 3.28. The summed E-state index contributed by atoms with van der Waals surface area (Å²) in [6.07, 6.45) is 1.72. The number of carbonyl (C=O) groups is 1. The Hall–Kier alpha value is -3.45. The molecule has 0 aliphatic carbocycles. The zero-order valence-electron chi connectivity index (χ0n) is 17.9. The highest BCUT2D eigenvalue weighted by atomic mass is 79.9. The van der Waals surface area contributed by atoms with Crippen LogP contribution in [0, 0.1) is 0 Å². The van der Waals surface area contributed by atoms with Gasteiger partial charge in [-0.1, -0.05) is 45.2 Å². The SMILES string of the molecule is O=C(Oc1ccc(C=Nc2ccc3oc(-c4cc(Cl)ccc4Cl)nc3c2)cc1)c1cccc(Br)c1. The van der Waals surface area contributed by atoms with Gasteiger partial charge in [-0.25, -0.2) is 9.78 Å². The predicted molar refractivity (Wildman–Crippen MR) is 142 cm³/mol. The summed E-state index contributed by atoms with van der Waals surface area (Å²) in [6, 6.07) is 24.7. The van der Waals surface area contributed by atoms with E-state index in [0.29, 0.717) is 49.6 Å². The van der Waals surface area contributed by atoms with Crippen molar-refractivity contribution in [2.24, 2.45) is 4.99 Å². The van der Waals surface area contributed by atoms with Crippen molar-refractivity contribution in [1.29, 1.82) is 0 Å². The lowest BCUT2D eigenvalue weighted by molar-refractivity contribution is 0.0734. The number of ether oxygens (including phenoxy) is 1. The normalized spacial score (nSPS) is 11.3. The van der Waals surface area contributed by atoms with Crippen LogP contribution >= 0.6 is 39.1 Å². The van der Waals surface area contributed by atoms with E-state index in [9.17, 15) is 4.79 Å². The molecule has 35 heavy (non-hydrogen) atoms. The number of halogens is 3. The first kappa shape index (κ1) is 23.3. The molecule has 4 aromatic carbocycles. The highest BCUT2D eigenvalue weighted by molar-refractivity contribution is 9.10. The molecule has 5 rings (SSSR count). The zero-order valence-corrected chi connectivity index (χ0v) is 21.0. The van der Waals surface area contributed by atoms with Crippen molar-refractivity contribution in [2.75, 3.05) is 0 Å². The molecule has 0 N–H and O–H groups in total. The Morgan fingerprint density at radius 2 is 1.80 bits per heavy atom. The zero-order chi connectivity index (χ0) is 24.4. The Morgan fingerprint density at radius 1 is 0.971 bits per heavy atom. The molecule has 0 bridgehead atoms. The third kappa shape index (κ3) is 5.46. The molecule has 0 saturated heterocycles. The number of carbonyl (C=O) groups excluding carboxylic acids is 1. The van der Waals surface area contributed by atoms with Crippen LogP contribution in [-0.2, 0) is 0 Å². The van der Waals surface area contributed by atoms with Gasteiger partial charge in [-0.05, 0) is 84.4 Å². The molecule has 172 valence electrons. The number of hydrogen-bond donors (Lipinski definition) is 0. The van der Waals surface area contributed by atoms with Crippen LogP contribution < -0.4 is 4.74 Å². The number of nitrogens with zero attached hydrogens (tertiary/aromatic N) is 2. The first-order valence-corrected chi connectivity index (χ1v) is 12.0. The fourth-order valence-corrected chi connectivity index (χ4v) is 4.09. The molecule has 1 heterocycles. The standard InChI is InChI=1S/C27H15BrCl2N2O3/c28-18-3-1-2-17(12-18)27(33)34-21-8-4-16(5-9-21)15-31-20-7-11-25-24(14-20)32-26(35-25)22-13-19(29)6-10-23(22)30/h1-15H. The van der Waals surface area contributed by atoms with Gasteiger partial charge in [0.05, 0.1) is 21.8 Å². The Labute approximate surface area is 219 Å². The quantitative estimate of drug-likeness (QED) is 0.122. The van der Waals surface area contributed by atoms with Crippen molar-refractivity contribution >= 4 is 68.1 Å². The van der Waals surface area contributed by atoms with Gasteiger partial charge < -0.3 is 9.15 Å². The average molecular weight is 566 g/mol. The number of oxazole rings is 1. The van der Waals surface area contributed by atoms with Crippen molar-refractivity contribution < 1.29 is 13.9 Å². The lowest BCUT2D eigenvalue weighted by Crippen LogP contribution is -2.08. The molecule has 0 aliphatic heterocycles. The maximum Gasteiger partial charge on any atom is 0.343 e. The molecular formula is C27H15BrCl2N2O3. The van der Waals surface area contributed by atoms with Crippen molar-refractivity contribution in [3.8, 4) is 17.2 Å². The van der Waals surface area contributed by atoms with E-state index in [1.165, 1.54) is 0 Å². The highest BCUT2D eigenvalue weighted by Gasteiger charge is 2.13. The monoisotopic (exact) mass is 564 g/mol. The highest BCUT2D eigenvalue weighted by Crippen LogP contribution is 2.33. The molecule has 0 saturated carbocycles. The number of fused-ring (bicyclic) bond motifs is 1. The van der Waals surface area contributed by atoms with E-state index in [1.54, 1.807) is 60.8 Å². The lowest BCUT2D eigenvalue weighted by atomic mass is 10.2. The molecular weight excluding hydrogens is 551 g/mol. The maximum absolute atomic E-state index is 12.3. The van der Waals surface area contributed by atoms with Crippen LogP contribution in [-0.4, -0.2) is 17.2 Å². The number of hydrogen-bond acceptors (Lipinski definition) is 5. The molecule has 0 amide bonds. The van der Waals surface area contributed by atoms with Crippen molar-refractivity contribution in [2.45, 2.75) is 0 Å². The first-order valence-electron chi connectivity index (χ1n) is 10.4. The molecule has 0 fully saturated rings. The van der Waals surface area contributed by atoms with Crippen LogP contribution in [0.4, 0.5) is 5.69 Å². The Kier molecular flexibility index (Phi) is 6.68. The summed E-state index contributed by atoms with van der Waals surface area (Å²) in [7, 11) is 0. The van der Waals surface area contributed by atoms with E-state index in [1.807, 2.05) is 30.3 Å². The smallest absolute Gasteiger partial charge is 0.343 e. The van der Waals surface area contributed by atoms with Gasteiger partial charge in [-0.2, -0.15) is 0 Å². The summed E-state index contributed by atoms with van der Waals surface area (Å²) in [6.45, 7) is 0. The van der Waals surface area contributed by atoms with E-state index < -0.39 is 5.97 Å². The summed E-state index contributed by atoms with van der Waals surface area (Å²) in [5, 5.41) is 1.05. The Bertz CT molecular complexity index is 1580. The van der Waals surface area contributed by atoms with Crippen LogP contribution in [0.15, 0.2) is 98.8 Å². The summed E-state index contributed by atoms with van der Waals surface area (Å²) >= 11 is 15.7. The van der Waals surface area contributed by atoms with Crippen LogP contribution in [0.5, 0.6) is 5.75 Å². The van der Waals surface area contributed by atoms with E-state index in [2.05, 4.69) is 25.9 Å². The number of aliphatic imine (C=N–C) groups is 1. The van der Waals surface area contributed by atoms with Gasteiger partial charge in [-0.3, -0.25) is 4.99 Å². The molecule has 5 nitrogen and oxygen atoms in total. The molecule has 0 radical (unpaired) electrons. The second-order valence-electron chi connectivity index (χ2n) is 7.52. The van der Waals surface area contributed by atoms with Crippen molar-refractivity contribution in [3.05, 3.63) is 111 Å². The summed E-state index contributed by atoms with van der Waals surface area (Å²) < 4.78 is 12.1. The summed E-state index contributed by atoms with van der Waals surface area (Å²) in [5.74, 6) is 0.414. The minimum atomic E-state index is -0.424. The van der Waals surface area contributed by atoms with Crippen LogP contribution in [0.25, 0.3) is 22.6 Å². The second-order valence-corrected chi connectivity index (χ2v) is 9.28.